The highest BCUT2D eigenvalue weighted by atomic mass is 19.3. The summed E-state index contributed by atoms with van der Waals surface area (Å²) in [5, 5.41) is 0. The first-order chi connectivity index (χ1) is 8.46. The fourth-order valence-corrected chi connectivity index (χ4v) is 2.75. The standard InChI is InChI=1S/C13H14F2N2O/c14-13(15)6-10(7-13)17-11-3-2-9(16)5-8(11)1-4-12(17)18/h2-3,5,10H,1,4,6-7,16H2. The summed E-state index contributed by atoms with van der Waals surface area (Å²) in [6.07, 6.45) is 0.544. The van der Waals surface area contributed by atoms with Gasteiger partial charge in [-0.3, -0.25) is 4.79 Å². The van der Waals surface area contributed by atoms with Crippen molar-refractivity contribution in [3.63, 3.8) is 0 Å². The molecule has 2 aliphatic rings. The fraction of sp³-hybridized carbons (Fsp3) is 0.462. The van der Waals surface area contributed by atoms with Gasteiger partial charge in [0, 0.05) is 36.7 Å². The van der Waals surface area contributed by atoms with Gasteiger partial charge >= 0.3 is 0 Å². The number of amides is 1. The van der Waals surface area contributed by atoms with Crippen molar-refractivity contribution in [2.24, 2.45) is 0 Å². The molecule has 0 bridgehead atoms. The molecule has 0 saturated heterocycles. The van der Waals surface area contributed by atoms with Gasteiger partial charge in [0.2, 0.25) is 5.91 Å². The quantitative estimate of drug-likeness (QED) is 0.780. The number of nitrogen functional groups attached to an aromatic ring is 1. The maximum atomic E-state index is 13.0. The van der Waals surface area contributed by atoms with Crippen molar-refractivity contribution >= 4 is 17.3 Å². The van der Waals surface area contributed by atoms with Crippen molar-refractivity contribution in [2.75, 3.05) is 10.6 Å². The summed E-state index contributed by atoms with van der Waals surface area (Å²) in [5.41, 5.74) is 8.07. The number of anilines is 2. The molecule has 1 fully saturated rings. The van der Waals surface area contributed by atoms with E-state index in [-0.39, 0.29) is 24.8 Å². The molecular formula is C13H14F2N2O. The third-order valence-electron chi connectivity index (χ3n) is 3.67. The largest absolute Gasteiger partial charge is 0.399 e. The lowest BCUT2D eigenvalue weighted by Gasteiger charge is -2.44. The molecule has 1 heterocycles. The van der Waals surface area contributed by atoms with E-state index in [2.05, 4.69) is 0 Å². The average molecular weight is 252 g/mol. The highest BCUT2D eigenvalue weighted by Crippen LogP contribution is 2.44. The van der Waals surface area contributed by atoms with Crippen LogP contribution in [0.5, 0.6) is 0 Å². The minimum absolute atomic E-state index is 0.0622. The molecule has 18 heavy (non-hydrogen) atoms. The molecule has 0 aromatic heterocycles. The van der Waals surface area contributed by atoms with E-state index in [1.165, 1.54) is 4.90 Å². The number of halogens is 2. The molecule has 0 radical (unpaired) electrons. The van der Waals surface area contributed by atoms with Crippen molar-refractivity contribution in [3.8, 4) is 0 Å². The van der Waals surface area contributed by atoms with Crippen LogP contribution in [-0.2, 0) is 11.2 Å². The van der Waals surface area contributed by atoms with E-state index in [4.69, 9.17) is 5.73 Å². The van der Waals surface area contributed by atoms with Crippen molar-refractivity contribution in [2.45, 2.75) is 37.6 Å². The summed E-state index contributed by atoms with van der Waals surface area (Å²) in [4.78, 5) is 13.5. The number of fused-ring (bicyclic) bond motifs is 1. The van der Waals surface area contributed by atoms with Crippen molar-refractivity contribution in [1.29, 1.82) is 0 Å². The highest BCUT2D eigenvalue weighted by molar-refractivity contribution is 5.97. The van der Waals surface area contributed by atoms with Gasteiger partial charge in [-0.15, -0.1) is 0 Å². The smallest absolute Gasteiger partial charge is 0.252 e. The number of benzene rings is 1. The number of hydrogen-bond donors (Lipinski definition) is 1. The van der Waals surface area contributed by atoms with Crippen LogP contribution in [0.1, 0.15) is 24.8 Å². The molecule has 2 N–H and O–H groups in total. The van der Waals surface area contributed by atoms with Crippen molar-refractivity contribution in [3.05, 3.63) is 23.8 Å². The number of carbonyl (C=O) groups is 1. The Morgan fingerprint density at radius 2 is 2.00 bits per heavy atom. The Kier molecular flexibility index (Phi) is 2.33. The molecule has 3 rings (SSSR count). The van der Waals surface area contributed by atoms with E-state index in [1.807, 2.05) is 6.07 Å². The van der Waals surface area contributed by atoms with Crippen molar-refractivity contribution in [1.82, 2.24) is 0 Å². The zero-order valence-electron chi connectivity index (χ0n) is 9.83. The van der Waals surface area contributed by atoms with Gasteiger partial charge < -0.3 is 10.6 Å². The fourth-order valence-electron chi connectivity index (χ4n) is 2.75. The third kappa shape index (κ3) is 1.74. The molecule has 96 valence electrons. The summed E-state index contributed by atoms with van der Waals surface area (Å²) < 4.78 is 25.9. The average Bonchev–Trinajstić information content (AvgIpc) is 2.26. The normalized spacial score (nSPS) is 22.6. The molecule has 0 spiro atoms. The number of nitrogens with two attached hydrogens (primary N) is 1. The summed E-state index contributed by atoms with van der Waals surface area (Å²) in [6.45, 7) is 0. The van der Waals surface area contributed by atoms with Gasteiger partial charge in [0.15, 0.2) is 0 Å². The lowest BCUT2D eigenvalue weighted by molar-refractivity contribution is -0.124. The van der Waals surface area contributed by atoms with Crippen LogP contribution in [0.15, 0.2) is 18.2 Å². The first-order valence-electron chi connectivity index (χ1n) is 6.04. The van der Waals surface area contributed by atoms with E-state index >= 15 is 0 Å². The predicted molar refractivity (Wildman–Crippen MR) is 64.6 cm³/mol. The Labute approximate surface area is 104 Å². The summed E-state index contributed by atoms with van der Waals surface area (Å²) in [6, 6.07) is 4.93. The van der Waals surface area contributed by atoms with Crippen LogP contribution >= 0.6 is 0 Å². The molecule has 1 aliphatic carbocycles. The molecule has 1 aliphatic heterocycles. The Bertz CT molecular complexity index is 508. The lowest BCUT2D eigenvalue weighted by atomic mass is 9.84. The molecule has 0 atom stereocenters. The van der Waals surface area contributed by atoms with Crippen LogP contribution in [0.2, 0.25) is 0 Å². The van der Waals surface area contributed by atoms with Gasteiger partial charge in [-0.25, -0.2) is 8.78 Å². The Balaban J connectivity index is 1.93. The number of carbonyl (C=O) groups excluding carboxylic acids is 1. The van der Waals surface area contributed by atoms with Crippen LogP contribution in [0, 0.1) is 0 Å². The van der Waals surface area contributed by atoms with Crippen LogP contribution < -0.4 is 10.6 Å². The number of alkyl halides is 2. The van der Waals surface area contributed by atoms with Gasteiger partial charge in [-0.05, 0) is 30.2 Å². The minimum atomic E-state index is -2.61. The minimum Gasteiger partial charge on any atom is -0.399 e. The molecular weight excluding hydrogens is 238 g/mol. The number of nitrogens with zero attached hydrogens (tertiary/aromatic N) is 1. The number of aryl methyl sites for hydroxylation is 1. The second-order valence-electron chi connectivity index (χ2n) is 5.07. The Morgan fingerprint density at radius 1 is 1.28 bits per heavy atom. The van der Waals surface area contributed by atoms with Crippen LogP contribution in [-0.4, -0.2) is 17.9 Å². The van der Waals surface area contributed by atoms with E-state index < -0.39 is 5.92 Å². The van der Waals surface area contributed by atoms with Gasteiger partial charge in [-0.1, -0.05) is 0 Å². The molecule has 1 saturated carbocycles. The maximum Gasteiger partial charge on any atom is 0.252 e. The van der Waals surface area contributed by atoms with E-state index in [0.29, 0.717) is 18.5 Å². The topological polar surface area (TPSA) is 46.3 Å². The SMILES string of the molecule is Nc1ccc2c(c1)CCC(=O)N2C1CC(F)(F)C1. The summed E-state index contributed by atoms with van der Waals surface area (Å²) in [5.74, 6) is -2.68. The van der Waals surface area contributed by atoms with Crippen LogP contribution in [0.25, 0.3) is 0 Å². The monoisotopic (exact) mass is 252 g/mol. The molecule has 3 nitrogen and oxygen atoms in total. The Hall–Kier alpha value is -1.65. The highest BCUT2D eigenvalue weighted by Gasteiger charge is 2.50. The van der Waals surface area contributed by atoms with Crippen molar-refractivity contribution < 1.29 is 13.6 Å². The van der Waals surface area contributed by atoms with Gasteiger partial charge in [-0.2, -0.15) is 0 Å². The first-order valence-corrected chi connectivity index (χ1v) is 6.04. The molecule has 1 amide bonds. The van der Waals surface area contributed by atoms with Gasteiger partial charge in [0.25, 0.3) is 5.92 Å². The lowest BCUT2D eigenvalue weighted by Crippen LogP contribution is -2.54. The summed E-state index contributed by atoms with van der Waals surface area (Å²) in [7, 11) is 0. The number of rotatable bonds is 1. The first kappa shape index (κ1) is 11.4. The van der Waals surface area contributed by atoms with E-state index in [9.17, 15) is 13.6 Å². The zero-order chi connectivity index (χ0) is 12.9. The summed E-state index contributed by atoms with van der Waals surface area (Å²) >= 11 is 0. The molecule has 1 aromatic carbocycles. The van der Waals surface area contributed by atoms with Crippen LogP contribution in [0.3, 0.4) is 0 Å². The van der Waals surface area contributed by atoms with Gasteiger partial charge in [0.05, 0.1) is 0 Å². The third-order valence-corrected chi connectivity index (χ3v) is 3.67. The maximum absolute atomic E-state index is 13.0. The second kappa shape index (κ2) is 3.67. The van der Waals surface area contributed by atoms with E-state index in [1.54, 1.807) is 12.1 Å². The predicted octanol–water partition coefficient (Wildman–Crippen LogP) is 2.35. The van der Waals surface area contributed by atoms with E-state index in [0.717, 1.165) is 11.3 Å². The molecule has 0 unspecified atom stereocenters. The van der Waals surface area contributed by atoms with Crippen LogP contribution in [0.4, 0.5) is 20.2 Å². The molecule has 5 heteroatoms. The zero-order valence-corrected chi connectivity index (χ0v) is 9.83. The Morgan fingerprint density at radius 3 is 2.67 bits per heavy atom. The van der Waals surface area contributed by atoms with Gasteiger partial charge in [0.1, 0.15) is 0 Å². The second-order valence-corrected chi connectivity index (χ2v) is 5.07. The number of hydrogen-bond acceptors (Lipinski definition) is 2. The molecule has 1 aromatic rings.